The monoisotopic (exact) mass is 271 g/mol. The molecule has 5 N–H and O–H groups in total. The topological polar surface area (TPSA) is 90.4 Å². The molecule has 0 spiro atoms. The molecule has 2 aromatic rings. The van der Waals surface area contributed by atoms with Crippen molar-refractivity contribution in [2.75, 3.05) is 23.9 Å². The molecule has 20 heavy (non-hydrogen) atoms. The summed E-state index contributed by atoms with van der Waals surface area (Å²) in [6.07, 6.45) is 0. The lowest BCUT2D eigenvalue weighted by molar-refractivity contribution is 0.102. The molecule has 5 nitrogen and oxygen atoms in total. The zero-order chi connectivity index (χ0) is 14.5. The summed E-state index contributed by atoms with van der Waals surface area (Å²) in [4.78, 5) is 12.2. The van der Waals surface area contributed by atoms with Crippen molar-refractivity contribution in [3.05, 3.63) is 53.6 Å². The molecule has 0 saturated heterocycles. The highest BCUT2D eigenvalue weighted by molar-refractivity contribution is 6.08. The van der Waals surface area contributed by atoms with Crippen LogP contribution >= 0.6 is 0 Å². The van der Waals surface area contributed by atoms with E-state index in [1.54, 1.807) is 25.3 Å². The fourth-order valence-corrected chi connectivity index (χ4v) is 1.90. The molecule has 0 aliphatic rings. The predicted molar refractivity (Wildman–Crippen MR) is 80.4 cm³/mol. The van der Waals surface area contributed by atoms with Gasteiger partial charge in [0.05, 0.1) is 12.2 Å². The summed E-state index contributed by atoms with van der Waals surface area (Å²) in [5.74, 6) is -0.272. The molecule has 2 aromatic carbocycles. The Morgan fingerprint density at radius 2 is 1.95 bits per heavy atom. The molecule has 1 amide bonds. The third kappa shape index (κ3) is 3.07. The first-order valence-electron chi connectivity index (χ1n) is 6.15. The minimum absolute atomic E-state index is 0.272. The Bertz CT molecular complexity index is 626. The molecule has 0 radical (unpaired) electrons. The zero-order valence-electron chi connectivity index (χ0n) is 11.2. The van der Waals surface area contributed by atoms with Crippen molar-refractivity contribution in [1.82, 2.24) is 0 Å². The lowest BCUT2D eigenvalue weighted by Crippen LogP contribution is -2.15. The van der Waals surface area contributed by atoms with E-state index < -0.39 is 0 Å². The molecule has 0 aliphatic carbocycles. The second-order valence-corrected chi connectivity index (χ2v) is 4.39. The third-order valence-corrected chi connectivity index (χ3v) is 2.89. The highest BCUT2D eigenvalue weighted by Gasteiger charge is 2.11. The van der Waals surface area contributed by atoms with E-state index in [1.165, 1.54) is 0 Å². The van der Waals surface area contributed by atoms with Crippen LogP contribution in [0.4, 0.5) is 17.1 Å². The molecule has 104 valence electrons. The van der Waals surface area contributed by atoms with Gasteiger partial charge in [-0.25, -0.2) is 0 Å². The smallest absolute Gasteiger partial charge is 0.257 e. The summed E-state index contributed by atoms with van der Waals surface area (Å²) in [5.41, 5.74) is 14.3. The average molecular weight is 271 g/mol. The van der Waals surface area contributed by atoms with Gasteiger partial charge in [-0.3, -0.25) is 4.79 Å². The predicted octanol–water partition coefficient (Wildman–Crippen LogP) is 2.25. The first-order chi connectivity index (χ1) is 9.61. The fraction of sp³-hybridized carbons (Fsp3) is 0.133. The van der Waals surface area contributed by atoms with Crippen molar-refractivity contribution in [2.24, 2.45) is 0 Å². The third-order valence-electron chi connectivity index (χ3n) is 2.89. The second kappa shape index (κ2) is 6.08. The number of carbonyl (C=O) groups is 1. The van der Waals surface area contributed by atoms with Gasteiger partial charge in [0.1, 0.15) is 0 Å². The molecule has 2 rings (SSSR count). The van der Waals surface area contributed by atoms with Crippen LogP contribution in [0.2, 0.25) is 0 Å². The highest BCUT2D eigenvalue weighted by Crippen LogP contribution is 2.20. The van der Waals surface area contributed by atoms with Crippen molar-refractivity contribution in [3.8, 4) is 0 Å². The van der Waals surface area contributed by atoms with Crippen molar-refractivity contribution in [2.45, 2.75) is 6.61 Å². The van der Waals surface area contributed by atoms with Gasteiger partial charge in [0.15, 0.2) is 0 Å². The summed E-state index contributed by atoms with van der Waals surface area (Å²) in [6.45, 7) is 0.424. The first kappa shape index (κ1) is 13.9. The van der Waals surface area contributed by atoms with Crippen molar-refractivity contribution >= 4 is 23.0 Å². The molecular weight excluding hydrogens is 254 g/mol. The second-order valence-electron chi connectivity index (χ2n) is 4.39. The number of hydrogen-bond acceptors (Lipinski definition) is 4. The number of rotatable bonds is 4. The van der Waals surface area contributed by atoms with Gasteiger partial charge in [-0.2, -0.15) is 0 Å². The summed E-state index contributed by atoms with van der Waals surface area (Å²) in [5, 5.41) is 2.83. The number of carbonyl (C=O) groups excluding carboxylic acids is 1. The standard InChI is InChI=1S/C15H17N3O2/c1-20-9-10-4-2-3-5-14(10)18-15(19)12-7-6-11(16)8-13(12)17/h2-8H,9,16-17H2,1H3,(H,18,19). The van der Waals surface area contributed by atoms with Crippen LogP contribution in [-0.4, -0.2) is 13.0 Å². The normalized spacial score (nSPS) is 10.2. The van der Waals surface area contributed by atoms with E-state index in [4.69, 9.17) is 16.2 Å². The molecule has 0 bridgehead atoms. The molecule has 0 fully saturated rings. The number of amides is 1. The van der Waals surface area contributed by atoms with Crippen LogP contribution < -0.4 is 16.8 Å². The van der Waals surface area contributed by atoms with Gasteiger partial charge in [0, 0.05) is 29.7 Å². The highest BCUT2D eigenvalue weighted by atomic mass is 16.5. The number of hydrogen-bond donors (Lipinski definition) is 3. The van der Waals surface area contributed by atoms with Gasteiger partial charge in [-0.1, -0.05) is 18.2 Å². The Morgan fingerprint density at radius 3 is 2.65 bits per heavy atom. The van der Waals surface area contributed by atoms with E-state index in [2.05, 4.69) is 5.32 Å². The number of anilines is 3. The molecule has 0 aliphatic heterocycles. The van der Waals surface area contributed by atoms with Crippen LogP contribution in [0, 0.1) is 0 Å². The Balaban J connectivity index is 2.23. The molecule has 5 heteroatoms. The Hall–Kier alpha value is -2.53. The van der Waals surface area contributed by atoms with Crippen LogP contribution in [0.1, 0.15) is 15.9 Å². The summed E-state index contributed by atoms with van der Waals surface area (Å²) in [6, 6.07) is 12.3. The van der Waals surface area contributed by atoms with Gasteiger partial charge in [0.25, 0.3) is 5.91 Å². The van der Waals surface area contributed by atoms with Gasteiger partial charge in [-0.05, 0) is 24.3 Å². The molecule has 0 saturated carbocycles. The fourth-order valence-electron chi connectivity index (χ4n) is 1.90. The molecular formula is C15H17N3O2. The SMILES string of the molecule is COCc1ccccc1NC(=O)c1ccc(N)cc1N. The maximum atomic E-state index is 12.2. The van der Waals surface area contributed by atoms with Crippen molar-refractivity contribution in [1.29, 1.82) is 0 Å². The minimum atomic E-state index is -0.272. The lowest BCUT2D eigenvalue weighted by atomic mass is 10.1. The molecule has 0 atom stereocenters. The van der Waals surface area contributed by atoms with Gasteiger partial charge < -0.3 is 21.5 Å². The summed E-state index contributed by atoms with van der Waals surface area (Å²) in [7, 11) is 1.61. The largest absolute Gasteiger partial charge is 0.399 e. The van der Waals surface area contributed by atoms with E-state index in [-0.39, 0.29) is 5.91 Å². The Kier molecular flexibility index (Phi) is 4.22. The number of benzene rings is 2. The quantitative estimate of drug-likeness (QED) is 0.744. The molecule has 0 heterocycles. The number of nitrogens with two attached hydrogens (primary N) is 2. The van der Waals surface area contributed by atoms with Crippen LogP contribution in [0.3, 0.4) is 0 Å². The number of para-hydroxylation sites is 1. The summed E-state index contributed by atoms with van der Waals surface area (Å²) < 4.78 is 5.10. The Morgan fingerprint density at radius 1 is 1.20 bits per heavy atom. The van der Waals surface area contributed by atoms with E-state index in [1.807, 2.05) is 24.3 Å². The minimum Gasteiger partial charge on any atom is -0.399 e. The lowest BCUT2D eigenvalue weighted by Gasteiger charge is -2.11. The van der Waals surface area contributed by atoms with Gasteiger partial charge >= 0.3 is 0 Å². The Labute approximate surface area is 117 Å². The number of nitrogens with one attached hydrogen (secondary N) is 1. The number of nitrogen functional groups attached to an aromatic ring is 2. The van der Waals surface area contributed by atoms with E-state index >= 15 is 0 Å². The van der Waals surface area contributed by atoms with Crippen molar-refractivity contribution in [3.63, 3.8) is 0 Å². The van der Waals surface area contributed by atoms with Gasteiger partial charge in [0.2, 0.25) is 0 Å². The molecule has 0 aromatic heterocycles. The van der Waals surface area contributed by atoms with E-state index in [9.17, 15) is 4.79 Å². The van der Waals surface area contributed by atoms with E-state index in [0.29, 0.717) is 29.2 Å². The van der Waals surface area contributed by atoms with Gasteiger partial charge in [-0.15, -0.1) is 0 Å². The van der Waals surface area contributed by atoms with Crippen LogP contribution in [-0.2, 0) is 11.3 Å². The maximum absolute atomic E-state index is 12.2. The number of methoxy groups -OCH3 is 1. The van der Waals surface area contributed by atoms with Crippen LogP contribution in [0.15, 0.2) is 42.5 Å². The van der Waals surface area contributed by atoms with Crippen LogP contribution in [0.5, 0.6) is 0 Å². The maximum Gasteiger partial charge on any atom is 0.257 e. The van der Waals surface area contributed by atoms with Crippen LogP contribution in [0.25, 0.3) is 0 Å². The zero-order valence-corrected chi connectivity index (χ0v) is 11.2. The molecule has 0 unspecified atom stereocenters. The van der Waals surface area contributed by atoms with E-state index in [0.717, 1.165) is 5.56 Å². The average Bonchev–Trinajstić information content (AvgIpc) is 2.41. The summed E-state index contributed by atoms with van der Waals surface area (Å²) >= 11 is 0. The van der Waals surface area contributed by atoms with Crippen molar-refractivity contribution < 1.29 is 9.53 Å². The first-order valence-corrected chi connectivity index (χ1v) is 6.15. The number of ether oxygens (including phenoxy) is 1.